The molecule has 4 rings (SSSR count). The van der Waals surface area contributed by atoms with Gasteiger partial charge >= 0.3 is 0 Å². The highest BCUT2D eigenvalue weighted by atomic mass is 15.1. The van der Waals surface area contributed by atoms with Crippen molar-refractivity contribution >= 4 is 10.9 Å². The van der Waals surface area contributed by atoms with Crippen LogP contribution in [0.3, 0.4) is 0 Å². The van der Waals surface area contributed by atoms with E-state index < -0.39 is 0 Å². The Labute approximate surface area is 125 Å². The summed E-state index contributed by atoms with van der Waals surface area (Å²) in [6, 6.07) is 19.7. The van der Waals surface area contributed by atoms with E-state index in [1.54, 1.807) is 16.2 Å². The molecular formula is C19H21N2+. The summed E-state index contributed by atoms with van der Waals surface area (Å²) in [7, 11) is 2.30. The maximum Gasteiger partial charge on any atom is 0.105 e. The third-order valence-corrected chi connectivity index (χ3v) is 4.64. The van der Waals surface area contributed by atoms with E-state index in [9.17, 15) is 0 Å². The van der Waals surface area contributed by atoms with Crippen LogP contribution in [0.15, 0.2) is 54.6 Å². The molecule has 2 aromatic carbocycles. The van der Waals surface area contributed by atoms with E-state index in [4.69, 9.17) is 0 Å². The molecule has 2 heteroatoms. The molecule has 1 aromatic heterocycles. The van der Waals surface area contributed by atoms with Gasteiger partial charge in [0.1, 0.15) is 6.54 Å². The minimum Gasteiger partial charge on any atom is -0.339 e. The minimum atomic E-state index is 0.982. The Hall–Kier alpha value is -2.06. The number of aromatic nitrogens is 1. The Morgan fingerprint density at radius 2 is 1.76 bits per heavy atom. The molecule has 0 bridgehead atoms. The Kier molecular flexibility index (Phi) is 3.04. The van der Waals surface area contributed by atoms with Crippen molar-refractivity contribution < 1.29 is 4.90 Å². The van der Waals surface area contributed by atoms with Crippen molar-refractivity contribution in [3.05, 3.63) is 71.4 Å². The number of fused-ring (bicyclic) bond motifs is 3. The molecule has 21 heavy (non-hydrogen) atoms. The van der Waals surface area contributed by atoms with Gasteiger partial charge < -0.3 is 9.47 Å². The second kappa shape index (κ2) is 5.05. The fourth-order valence-electron chi connectivity index (χ4n) is 3.58. The van der Waals surface area contributed by atoms with Gasteiger partial charge in [-0.25, -0.2) is 0 Å². The highest BCUT2D eigenvalue weighted by Gasteiger charge is 2.24. The van der Waals surface area contributed by atoms with Gasteiger partial charge in [-0.15, -0.1) is 0 Å². The first-order valence-corrected chi connectivity index (χ1v) is 7.77. The lowest BCUT2D eigenvalue weighted by molar-refractivity contribution is -0.895. The molecule has 3 aromatic rings. The monoisotopic (exact) mass is 277 g/mol. The zero-order chi connectivity index (χ0) is 14.2. The molecule has 1 unspecified atom stereocenters. The van der Waals surface area contributed by atoms with Gasteiger partial charge in [0.15, 0.2) is 0 Å². The summed E-state index contributed by atoms with van der Waals surface area (Å²) < 4.78 is 2.53. The second-order valence-corrected chi connectivity index (χ2v) is 6.15. The number of nitrogens with one attached hydrogen (secondary N) is 1. The topological polar surface area (TPSA) is 9.37 Å². The highest BCUT2D eigenvalue weighted by Crippen LogP contribution is 2.28. The van der Waals surface area contributed by atoms with Crippen LogP contribution in [0.4, 0.5) is 0 Å². The van der Waals surface area contributed by atoms with E-state index >= 15 is 0 Å². The predicted octanol–water partition coefficient (Wildman–Crippen LogP) is 2.26. The van der Waals surface area contributed by atoms with Gasteiger partial charge in [-0.2, -0.15) is 0 Å². The molecule has 1 N–H and O–H groups in total. The number of benzene rings is 2. The summed E-state index contributed by atoms with van der Waals surface area (Å²) in [6.45, 7) is 3.37. The lowest BCUT2D eigenvalue weighted by Crippen LogP contribution is -3.08. The first-order chi connectivity index (χ1) is 10.3. The van der Waals surface area contributed by atoms with Gasteiger partial charge in [0, 0.05) is 35.1 Å². The van der Waals surface area contributed by atoms with E-state index in [0.29, 0.717) is 0 Å². The van der Waals surface area contributed by atoms with Crippen molar-refractivity contribution in [3.63, 3.8) is 0 Å². The first-order valence-electron chi connectivity index (χ1n) is 7.77. The average molecular weight is 277 g/mol. The molecule has 0 radical (unpaired) electrons. The Morgan fingerprint density at radius 3 is 2.62 bits per heavy atom. The fourth-order valence-corrected chi connectivity index (χ4v) is 3.58. The largest absolute Gasteiger partial charge is 0.339 e. The SMILES string of the molecule is C[NH+]1CCc2c(c3ccccc3n2Cc2ccccc2)C1. The molecule has 1 aliphatic heterocycles. The van der Waals surface area contributed by atoms with E-state index in [1.165, 1.54) is 29.4 Å². The molecule has 2 heterocycles. The summed E-state index contributed by atoms with van der Waals surface area (Å²) in [5, 5.41) is 1.45. The van der Waals surface area contributed by atoms with Crippen molar-refractivity contribution in [2.75, 3.05) is 13.6 Å². The number of nitrogens with zero attached hydrogens (tertiary/aromatic N) is 1. The summed E-state index contributed by atoms with van der Waals surface area (Å²) >= 11 is 0. The molecule has 0 saturated heterocycles. The van der Waals surface area contributed by atoms with Crippen molar-refractivity contribution in [3.8, 4) is 0 Å². The summed E-state index contributed by atoms with van der Waals surface area (Å²) in [5.41, 5.74) is 5.88. The standard InChI is InChI=1S/C19H20N2/c1-20-12-11-19-17(14-20)16-9-5-6-10-18(16)21(19)13-15-7-3-2-4-8-15/h2-10H,11-14H2,1H3/p+1. The van der Waals surface area contributed by atoms with Crippen molar-refractivity contribution in [2.45, 2.75) is 19.5 Å². The second-order valence-electron chi connectivity index (χ2n) is 6.15. The van der Waals surface area contributed by atoms with Crippen LogP contribution in [-0.2, 0) is 19.5 Å². The quantitative estimate of drug-likeness (QED) is 0.736. The Morgan fingerprint density at radius 1 is 1.00 bits per heavy atom. The normalized spacial score (nSPS) is 17.9. The zero-order valence-corrected chi connectivity index (χ0v) is 12.5. The molecule has 0 fully saturated rings. The summed E-state index contributed by atoms with van der Waals surface area (Å²) in [4.78, 5) is 1.62. The fraction of sp³-hybridized carbons (Fsp3) is 0.263. The van der Waals surface area contributed by atoms with Crippen LogP contribution in [0, 0.1) is 0 Å². The van der Waals surface area contributed by atoms with E-state index in [2.05, 4.69) is 66.2 Å². The van der Waals surface area contributed by atoms with Gasteiger partial charge in [0.2, 0.25) is 0 Å². The summed E-state index contributed by atoms with van der Waals surface area (Å²) in [5.74, 6) is 0. The lowest BCUT2D eigenvalue weighted by Gasteiger charge is -2.21. The third kappa shape index (κ3) is 2.16. The van der Waals surface area contributed by atoms with Crippen LogP contribution in [0.5, 0.6) is 0 Å². The van der Waals surface area contributed by atoms with Crippen LogP contribution in [0.2, 0.25) is 0 Å². The molecule has 0 saturated carbocycles. The first kappa shape index (κ1) is 12.7. The van der Waals surface area contributed by atoms with Crippen molar-refractivity contribution in [1.29, 1.82) is 0 Å². The summed E-state index contributed by atoms with van der Waals surface area (Å²) in [6.07, 6.45) is 1.18. The molecule has 2 nitrogen and oxygen atoms in total. The zero-order valence-electron chi connectivity index (χ0n) is 12.5. The van der Waals surface area contributed by atoms with Gasteiger partial charge in [0.05, 0.1) is 13.6 Å². The van der Waals surface area contributed by atoms with Crippen molar-refractivity contribution in [2.24, 2.45) is 0 Å². The number of quaternary nitrogens is 1. The van der Waals surface area contributed by atoms with E-state index in [0.717, 1.165) is 13.1 Å². The molecule has 1 aliphatic rings. The van der Waals surface area contributed by atoms with Crippen LogP contribution in [-0.4, -0.2) is 18.2 Å². The number of likely N-dealkylation sites (N-methyl/N-ethyl adjacent to an activating group) is 1. The number of hydrogen-bond donors (Lipinski definition) is 1. The molecular weight excluding hydrogens is 256 g/mol. The predicted molar refractivity (Wildman–Crippen MR) is 86.6 cm³/mol. The Balaban J connectivity index is 1.88. The van der Waals surface area contributed by atoms with Crippen LogP contribution in [0.1, 0.15) is 16.8 Å². The minimum absolute atomic E-state index is 0.982. The average Bonchev–Trinajstić information content (AvgIpc) is 2.82. The third-order valence-electron chi connectivity index (χ3n) is 4.64. The van der Waals surface area contributed by atoms with Gasteiger partial charge in [0.25, 0.3) is 0 Å². The highest BCUT2D eigenvalue weighted by molar-refractivity contribution is 5.85. The molecule has 0 amide bonds. The number of hydrogen-bond acceptors (Lipinski definition) is 0. The van der Waals surface area contributed by atoms with Crippen LogP contribution < -0.4 is 4.90 Å². The maximum absolute atomic E-state index is 2.53. The van der Waals surface area contributed by atoms with E-state index in [1.807, 2.05) is 0 Å². The van der Waals surface area contributed by atoms with Gasteiger partial charge in [-0.1, -0.05) is 48.5 Å². The number of rotatable bonds is 2. The molecule has 0 aliphatic carbocycles. The smallest absolute Gasteiger partial charge is 0.105 e. The lowest BCUT2D eigenvalue weighted by atomic mass is 10.1. The Bertz CT molecular complexity index is 771. The van der Waals surface area contributed by atoms with Gasteiger partial charge in [-0.3, -0.25) is 0 Å². The van der Waals surface area contributed by atoms with Gasteiger partial charge in [-0.05, 0) is 11.6 Å². The van der Waals surface area contributed by atoms with Crippen molar-refractivity contribution in [1.82, 2.24) is 4.57 Å². The van der Waals surface area contributed by atoms with Crippen LogP contribution in [0.25, 0.3) is 10.9 Å². The number of para-hydroxylation sites is 1. The molecule has 106 valence electrons. The molecule has 1 atom stereocenters. The maximum atomic E-state index is 2.53. The molecule has 0 spiro atoms. The van der Waals surface area contributed by atoms with E-state index in [-0.39, 0.29) is 0 Å². The van der Waals surface area contributed by atoms with Crippen LogP contribution >= 0.6 is 0 Å².